The molecular formula is C12H21N3. The van der Waals surface area contributed by atoms with Crippen LogP contribution in [-0.4, -0.2) is 36.6 Å². The monoisotopic (exact) mass is 207 g/mol. The maximum atomic E-state index is 8.40. The summed E-state index contributed by atoms with van der Waals surface area (Å²) in [4.78, 5) is 2.63. The molecule has 0 spiro atoms. The van der Waals surface area contributed by atoms with Crippen LogP contribution in [0.5, 0.6) is 0 Å². The summed E-state index contributed by atoms with van der Waals surface area (Å²) in [6.45, 7) is 3.63. The van der Waals surface area contributed by atoms with E-state index in [0.29, 0.717) is 12.5 Å². The highest BCUT2D eigenvalue weighted by Gasteiger charge is 2.33. The molecule has 15 heavy (non-hydrogen) atoms. The minimum absolute atomic E-state index is 0.709. The molecule has 0 aromatic carbocycles. The Labute approximate surface area is 92.4 Å². The molecule has 1 atom stereocenters. The Morgan fingerprint density at radius 1 is 1.27 bits per heavy atom. The molecule has 1 saturated carbocycles. The first kappa shape index (κ1) is 10.9. The zero-order chi connectivity index (χ0) is 10.5. The highest BCUT2D eigenvalue weighted by atomic mass is 15.2. The molecule has 0 bridgehead atoms. The van der Waals surface area contributed by atoms with Gasteiger partial charge in [0.25, 0.3) is 0 Å². The Morgan fingerprint density at radius 2 is 2.13 bits per heavy atom. The topological polar surface area (TPSA) is 39.1 Å². The van der Waals surface area contributed by atoms with Gasteiger partial charge in [-0.05, 0) is 38.6 Å². The van der Waals surface area contributed by atoms with Gasteiger partial charge in [0.1, 0.15) is 0 Å². The number of rotatable bonds is 6. The van der Waals surface area contributed by atoms with Crippen molar-refractivity contribution in [2.24, 2.45) is 0 Å². The summed E-state index contributed by atoms with van der Waals surface area (Å²) in [5, 5.41) is 12.0. The molecular weight excluding hydrogens is 186 g/mol. The Hall–Kier alpha value is -0.590. The summed E-state index contributed by atoms with van der Waals surface area (Å²) >= 11 is 0. The SMILES string of the molecule is N#CCCCCNC1CCN(C2CC2)C1. The molecule has 3 heteroatoms. The molecule has 1 aliphatic heterocycles. The van der Waals surface area contributed by atoms with Gasteiger partial charge in [-0.3, -0.25) is 4.90 Å². The van der Waals surface area contributed by atoms with Crippen LogP contribution >= 0.6 is 0 Å². The number of hydrogen-bond acceptors (Lipinski definition) is 3. The van der Waals surface area contributed by atoms with E-state index in [1.165, 1.54) is 32.4 Å². The molecule has 3 nitrogen and oxygen atoms in total. The second kappa shape index (κ2) is 5.48. The lowest BCUT2D eigenvalue weighted by molar-refractivity contribution is 0.317. The average Bonchev–Trinajstić information content (AvgIpc) is 2.99. The Bertz CT molecular complexity index is 230. The van der Waals surface area contributed by atoms with E-state index in [9.17, 15) is 0 Å². The van der Waals surface area contributed by atoms with E-state index >= 15 is 0 Å². The maximum Gasteiger partial charge on any atom is 0.0621 e. The molecule has 1 aliphatic carbocycles. The fourth-order valence-electron chi connectivity index (χ4n) is 2.36. The Kier molecular flexibility index (Phi) is 3.99. The van der Waals surface area contributed by atoms with Crippen LogP contribution in [-0.2, 0) is 0 Å². The van der Waals surface area contributed by atoms with Gasteiger partial charge in [-0.1, -0.05) is 0 Å². The third-order valence-electron chi connectivity index (χ3n) is 3.43. The van der Waals surface area contributed by atoms with Crippen LogP contribution < -0.4 is 5.32 Å². The van der Waals surface area contributed by atoms with Crippen LogP contribution in [0.2, 0.25) is 0 Å². The molecule has 1 unspecified atom stereocenters. The van der Waals surface area contributed by atoms with Crippen molar-refractivity contribution in [2.45, 2.75) is 50.6 Å². The van der Waals surface area contributed by atoms with Crippen LogP contribution in [0.15, 0.2) is 0 Å². The third-order valence-corrected chi connectivity index (χ3v) is 3.43. The van der Waals surface area contributed by atoms with Gasteiger partial charge < -0.3 is 5.32 Å². The summed E-state index contributed by atoms with van der Waals surface area (Å²) in [6.07, 6.45) is 7.06. The van der Waals surface area contributed by atoms with E-state index in [4.69, 9.17) is 5.26 Å². The van der Waals surface area contributed by atoms with Crippen LogP contribution in [0.3, 0.4) is 0 Å². The second-order valence-corrected chi connectivity index (χ2v) is 4.78. The Balaban J connectivity index is 1.51. The van der Waals surface area contributed by atoms with E-state index in [2.05, 4.69) is 16.3 Å². The second-order valence-electron chi connectivity index (χ2n) is 4.78. The largest absolute Gasteiger partial charge is 0.313 e. The minimum Gasteiger partial charge on any atom is -0.313 e. The van der Waals surface area contributed by atoms with Gasteiger partial charge in [0.15, 0.2) is 0 Å². The third kappa shape index (κ3) is 3.48. The van der Waals surface area contributed by atoms with Crippen LogP contribution in [0.1, 0.15) is 38.5 Å². The number of likely N-dealkylation sites (tertiary alicyclic amines) is 1. The number of unbranched alkanes of at least 4 members (excludes halogenated alkanes) is 2. The molecule has 0 aromatic heterocycles. The highest BCUT2D eigenvalue weighted by molar-refractivity contribution is 4.91. The van der Waals surface area contributed by atoms with Crippen molar-refractivity contribution in [3.8, 4) is 6.07 Å². The first-order valence-corrected chi connectivity index (χ1v) is 6.24. The van der Waals surface area contributed by atoms with Crippen molar-refractivity contribution >= 4 is 0 Å². The zero-order valence-electron chi connectivity index (χ0n) is 9.41. The smallest absolute Gasteiger partial charge is 0.0621 e. The van der Waals surface area contributed by atoms with E-state index in [1.54, 1.807) is 0 Å². The molecule has 1 saturated heterocycles. The van der Waals surface area contributed by atoms with Gasteiger partial charge in [0.05, 0.1) is 6.07 Å². The molecule has 0 radical (unpaired) electrons. The fourth-order valence-corrected chi connectivity index (χ4v) is 2.36. The number of hydrogen-bond donors (Lipinski definition) is 1. The van der Waals surface area contributed by atoms with E-state index in [0.717, 1.165) is 25.4 Å². The van der Waals surface area contributed by atoms with Gasteiger partial charge >= 0.3 is 0 Å². The lowest BCUT2D eigenvalue weighted by Crippen LogP contribution is -2.33. The molecule has 2 rings (SSSR count). The van der Waals surface area contributed by atoms with Crippen molar-refractivity contribution in [1.29, 1.82) is 5.26 Å². The summed E-state index contributed by atoms with van der Waals surface area (Å²) in [5.74, 6) is 0. The molecule has 1 N–H and O–H groups in total. The molecule has 2 fully saturated rings. The van der Waals surface area contributed by atoms with Gasteiger partial charge in [0.2, 0.25) is 0 Å². The first-order valence-electron chi connectivity index (χ1n) is 6.24. The number of nitriles is 1. The predicted octanol–water partition coefficient (Wildman–Crippen LogP) is 1.51. The zero-order valence-corrected chi connectivity index (χ0v) is 9.41. The summed E-state index contributed by atoms with van der Waals surface area (Å²) in [7, 11) is 0. The van der Waals surface area contributed by atoms with Gasteiger partial charge in [-0.25, -0.2) is 0 Å². The molecule has 2 aliphatic rings. The normalized spacial score (nSPS) is 26.7. The van der Waals surface area contributed by atoms with Gasteiger partial charge in [0, 0.05) is 31.6 Å². The molecule has 0 amide bonds. The number of nitrogens with zero attached hydrogens (tertiary/aromatic N) is 2. The first-order chi connectivity index (χ1) is 7.40. The molecule has 1 heterocycles. The Morgan fingerprint density at radius 3 is 2.87 bits per heavy atom. The summed E-state index contributed by atoms with van der Waals surface area (Å²) in [5.41, 5.74) is 0. The number of nitrogens with one attached hydrogen (secondary N) is 1. The minimum atomic E-state index is 0.709. The summed E-state index contributed by atoms with van der Waals surface area (Å²) in [6, 6.07) is 3.83. The maximum absolute atomic E-state index is 8.40. The standard InChI is InChI=1S/C12H21N3/c13-7-2-1-3-8-14-11-6-9-15(10-11)12-4-5-12/h11-12,14H,1-6,8-10H2. The quantitative estimate of drug-likeness (QED) is 0.671. The molecule has 84 valence electrons. The van der Waals surface area contributed by atoms with Crippen LogP contribution in [0, 0.1) is 11.3 Å². The van der Waals surface area contributed by atoms with Gasteiger partial charge in [-0.15, -0.1) is 0 Å². The van der Waals surface area contributed by atoms with Crippen molar-refractivity contribution in [3.05, 3.63) is 0 Å². The lowest BCUT2D eigenvalue weighted by atomic mass is 10.2. The molecule has 0 aromatic rings. The lowest BCUT2D eigenvalue weighted by Gasteiger charge is -2.15. The van der Waals surface area contributed by atoms with Gasteiger partial charge in [-0.2, -0.15) is 5.26 Å². The van der Waals surface area contributed by atoms with E-state index in [1.807, 2.05) is 0 Å². The van der Waals surface area contributed by atoms with Crippen molar-refractivity contribution in [1.82, 2.24) is 10.2 Å². The van der Waals surface area contributed by atoms with E-state index in [-0.39, 0.29) is 0 Å². The summed E-state index contributed by atoms with van der Waals surface area (Å²) < 4.78 is 0. The highest BCUT2D eigenvalue weighted by Crippen LogP contribution is 2.29. The van der Waals surface area contributed by atoms with E-state index < -0.39 is 0 Å². The van der Waals surface area contributed by atoms with Crippen LogP contribution in [0.25, 0.3) is 0 Å². The van der Waals surface area contributed by atoms with Crippen molar-refractivity contribution in [3.63, 3.8) is 0 Å². The predicted molar refractivity (Wildman–Crippen MR) is 60.5 cm³/mol. The fraction of sp³-hybridized carbons (Fsp3) is 0.917. The van der Waals surface area contributed by atoms with Crippen molar-refractivity contribution < 1.29 is 0 Å². The average molecular weight is 207 g/mol. The van der Waals surface area contributed by atoms with Crippen LogP contribution in [0.4, 0.5) is 0 Å². The van der Waals surface area contributed by atoms with Crippen molar-refractivity contribution in [2.75, 3.05) is 19.6 Å².